The average molecular weight is 388 g/mol. The van der Waals surface area contributed by atoms with Crippen LogP contribution in [0.2, 0.25) is 0 Å². The Balaban J connectivity index is 1.74. The number of anilines is 2. The van der Waals surface area contributed by atoms with Gasteiger partial charge in [-0.2, -0.15) is 8.78 Å². The van der Waals surface area contributed by atoms with E-state index in [1.807, 2.05) is 6.92 Å². The molecule has 0 saturated heterocycles. The van der Waals surface area contributed by atoms with E-state index in [1.54, 1.807) is 23.5 Å². The number of rotatable bonds is 7. The van der Waals surface area contributed by atoms with Gasteiger partial charge in [0, 0.05) is 16.1 Å². The molecule has 6 heteroatoms. The normalized spacial score (nSPS) is 12.2. The first-order valence-electron chi connectivity index (χ1n) is 8.86. The van der Waals surface area contributed by atoms with Crippen molar-refractivity contribution < 1.29 is 13.5 Å². The number of ether oxygens (including phenoxy) is 1. The van der Waals surface area contributed by atoms with Gasteiger partial charge in [0.05, 0.1) is 5.69 Å². The Bertz CT molecular complexity index is 876. The van der Waals surface area contributed by atoms with Crippen molar-refractivity contribution in [3.63, 3.8) is 0 Å². The predicted octanol–water partition coefficient (Wildman–Crippen LogP) is 6.98. The molecule has 1 aromatic heterocycles. The van der Waals surface area contributed by atoms with Crippen molar-refractivity contribution in [1.82, 2.24) is 4.98 Å². The van der Waals surface area contributed by atoms with Gasteiger partial charge >= 0.3 is 6.61 Å². The highest BCUT2D eigenvalue weighted by Gasteiger charge is 2.11. The van der Waals surface area contributed by atoms with Crippen molar-refractivity contribution >= 4 is 22.2 Å². The third-order valence-electron chi connectivity index (χ3n) is 4.49. The zero-order valence-electron chi connectivity index (χ0n) is 15.5. The third kappa shape index (κ3) is 4.83. The van der Waals surface area contributed by atoms with Crippen LogP contribution >= 0.6 is 11.3 Å². The minimum Gasteiger partial charge on any atom is -0.435 e. The van der Waals surface area contributed by atoms with Crippen LogP contribution in [0.1, 0.15) is 36.6 Å². The van der Waals surface area contributed by atoms with Crippen molar-refractivity contribution in [1.29, 1.82) is 0 Å². The summed E-state index contributed by atoms with van der Waals surface area (Å²) in [7, 11) is 0. The largest absolute Gasteiger partial charge is 0.435 e. The maximum Gasteiger partial charge on any atom is 0.387 e. The second kappa shape index (κ2) is 8.48. The first-order chi connectivity index (χ1) is 13.0. The van der Waals surface area contributed by atoms with Crippen LogP contribution in [-0.4, -0.2) is 11.6 Å². The summed E-state index contributed by atoms with van der Waals surface area (Å²) in [4.78, 5) is 5.71. The van der Waals surface area contributed by atoms with E-state index in [1.165, 1.54) is 17.7 Å². The standard InChI is InChI=1S/C21H22F2N2OS/c1-4-13(2)15-5-9-17(10-6-15)24-21-25-19(14(3)27-21)16-7-11-18(12-8-16)26-20(22)23/h5-13,20H,4H2,1-3H3,(H,24,25)/t13-/m0/s1. The highest BCUT2D eigenvalue weighted by molar-refractivity contribution is 7.16. The van der Waals surface area contributed by atoms with Crippen LogP contribution < -0.4 is 10.1 Å². The first kappa shape index (κ1) is 19.3. The molecule has 0 radical (unpaired) electrons. The minimum atomic E-state index is -2.82. The number of nitrogens with one attached hydrogen (secondary N) is 1. The fraction of sp³-hybridized carbons (Fsp3) is 0.286. The van der Waals surface area contributed by atoms with Gasteiger partial charge in [0.25, 0.3) is 0 Å². The molecule has 3 rings (SSSR count). The maximum atomic E-state index is 12.3. The molecule has 0 fully saturated rings. The topological polar surface area (TPSA) is 34.2 Å². The van der Waals surface area contributed by atoms with E-state index in [0.29, 0.717) is 5.92 Å². The van der Waals surface area contributed by atoms with Crippen LogP contribution in [0.4, 0.5) is 19.6 Å². The molecular formula is C21H22F2N2OS. The van der Waals surface area contributed by atoms with Crippen LogP contribution in [0.3, 0.4) is 0 Å². The number of alkyl halides is 2. The van der Waals surface area contributed by atoms with E-state index in [2.05, 4.69) is 53.2 Å². The van der Waals surface area contributed by atoms with E-state index >= 15 is 0 Å². The SMILES string of the molecule is CC[C@H](C)c1ccc(Nc2nc(-c3ccc(OC(F)F)cc3)c(C)s2)cc1. The first-order valence-corrected chi connectivity index (χ1v) is 9.67. The highest BCUT2D eigenvalue weighted by Crippen LogP contribution is 2.33. The summed E-state index contributed by atoms with van der Waals surface area (Å²) in [6.45, 7) is 3.58. The fourth-order valence-electron chi connectivity index (χ4n) is 2.77. The molecule has 142 valence electrons. The van der Waals surface area contributed by atoms with Gasteiger partial charge in [-0.1, -0.05) is 26.0 Å². The molecule has 1 heterocycles. The zero-order valence-corrected chi connectivity index (χ0v) is 16.3. The number of thiazole rings is 1. The molecule has 0 aliphatic rings. The van der Waals surface area contributed by atoms with Gasteiger partial charge in [-0.25, -0.2) is 4.98 Å². The Kier molecular flexibility index (Phi) is 6.06. The van der Waals surface area contributed by atoms with Crippen molar-refractivity contribution in [2.45, 2.75) is 39.7 Å². The van der Waals surface area contributed by atoms with Crippen molar-refractivity contribution in [2.24, 2.45) is 0 Å². The summed E-state index contributed by atoms with van der Waals surface area (Å²) >= 11 is 1.56. The highest BCUT2D eigenvalue weighted by atomic mass is 32.1. The van der Waals surface area contributed by atoms with E-state index < -0.39 is 6.61 Å². The second-order valence-corrected chi connectivity index (χ2v) is 7.59. The molecular weight excluding hydrogens is 366 g/mol. The molecule has 3 nitrogen and oxygen atoms in total. The molecule has 0 spiro atoms. The van der Waals surface area contributed by atoms with Crippen LogP contribution in [0.25, 0.3) is 11.3 Å². The fourth-order valence-corrected chi connectivity index (χ4v) is 3.62. The number of nitrogens with zero attached hydrogens (tertiary/aromatic N) is 1. The van der Waals surface area contributed by atoms with Crippen molar-refractivity contribution in [2.75, 3.05) is 5.32 Å². The molecule has 0 aliphatic carbocycles. The monoisotopic (exact) mass is 388 g/mol. The van der Waals surface area contributed by atoms with Crippen LogP contribution in [-0.2, 0) is 0 Å². The number of aryl methyl sites for hydroxylation is 1. The molecule has 0 bridgehead atoms. The summed E-state index contributed by atoms with van der Waals surface area (Å²) in [6, 6.07) is 14.9. The van der Waals surface area contributed by atoms with E-state index in [9.17, 15) is 8.78 Å². The number of hydrogen-bond acceptors (Lipinski definition) is 4. The lowest BCUT2D eigenvalue weighted by Crippen LogP contribution is -2.01. The Morgan fingerprint density at radius 2 is 1.74 bits per heavy atom. The lowest BCUT2D eigenvalue weighted by Gasteiger charge is -2.10. The average Bonchev–Trinajstić information content (AvgIpc) is 3.02. The molecule has 1 N–H and O–H groups in total. The molecule has 0 saturated carbocycles. The Hall–Kier alpha value is -2.47. The van der Waals surface area contributed by atoms with E-state index in [4.69, 9.17) is 0 Å². The molecule has 0 aliphatic heterocycles. The van der Waals surface area contributed by atoms with E-state index in [-0.39, 0.29) is 5.75 Å². The summed E-state index contributed by atoms with van der Waals surface area (Å²) in [5.74, 6) is 0.686. The number of aromatic nitrogens is 1. The quantitative estimate of drug-likeness (QED) is 0.474. The summed E-state index contributed by atoms with van der Waals surface area (Å²) in [6.07, 6.45) is 1.11. The van der Waals surface area contributed by atoms with Gasteiger partial charge < -0.3 is 10.1 Å². The van der Waals surface area contributed by atoms with Crippen LogP contribution in [0.15, 0.2) is 48.5 Å². The van der Waals surface area contributed by atoms with Gasteiger partial charge in [0.1, 0.15) is 5.75 Å². The number of halogens is 2. The molecule has 2 aromatic carbocycles. The predicted molar refractivity (Wildman–Crippen MR) is 107 cm³/mol. The van der Waals surface area contributed by atoms with Gasteiger partial charge in [-0.15, -0.1) is 11.3 Å². The van der Waals surface area contributed by atoms with Crippen molar-refractivity contribution in [3.05, 3.63) is 59.0 Å². The van der Waals surface area contributed by atoms with E-state index in [0.717, 1.165) is 33.4 Å². The van der Waals surface area contributed by atoms with Crippen LogP contribution in [0, 0.1) is 6.92 Å². The zero-order chi connectivity index (χ0) is 19.4. The second-order valence-electron chi connectivity index (χ2n) is 6.38. The molecule has 0 amide bonds. The van der Waals surface area contributed by atoms with Gasteiger partial charge in [-0.3, -0.25) is 0 Å². The number of benzene rings is 2. The van der Waals surface area contributed by atoms with Gasteiger partial charge in [0.2, 0.25) is 0 Å². The molecule has 0 unspecified atom stereocenters. The summed E-state index contributed by atoms with van der Waals surface area (Å²) in [5, 5.41) is 4.14. The Morgan fingerprint density at radius 3 is 2.33 bits per heavy atom. The smallest absolute Gasteiger partial charge is 0.387 e. The van der Waals surface area contributed by atoms with Gasteiger partial charge in [0.15, 0.2) is 5.13 Å². The van der Waals surface area contributed by atoms with Gasteiger partial charge in [-0.05, 0) is 61.2 Å². The summed E-state index contributed by atoms with van der Waals surface area (Å²) < 4.78 is 28.9. The summed E-state index contributed by atoms with van der Waals surface area (Å²) in [5.41, 5.74) is 4.01. The molecule has 3 aromatic rings. The van der Waals surface area contributed by atoms with Crippen LogP contribution in [0.5, 0.6) is 5.75 Å². The van der Waals surface area contributed by atoms with Crippen molar-refractivity contribution in [3.8, 4) is 17.0 Å². The Morgan fingerprint density at radius 1 is 1.07 bits per heavy atom. The molecule has 1 atom stereocenters. The Labute approximate surface area is 162 Å². The third-order valence-corrected chi connectivity index (χ3v) is 5.38. The minimum absolute atomic E-state index is 0.140. The number of hydrogen-bond donors (Lipinski definition) is 1. The lowest BCUT2D eigenvalue weighted by molar-refractivity contribution is -0.0498. The maximum absolute atomic E-state index is 12.3. The molecule has 27 heavy (non-hydrogen) atoms. The lowest BCUT2D eigenvalue weighted by atomic mass is 9.99.